The summed E-state index contributed by atoms with van der Waals surface area (Å²) in [5, 5.41) is 14.6. The first-order valence-electron chi connectivity index (χ1n) is 8.29. The van der Waals surface area contributed by atoms with E-state index in [4.69, 9.17) is 14.6 Å². The van der Waals surface area contributed by atoms with Crippen LogP contribution >= 0.6 is 22.7 Å². The number of nitrogens with zero attached hydrogens (tertiary/aromatic N) is 4. The fourth-order valence-electron chi connectivity index (χ4n) is 2.48. The second kappa shape index (κ2) is 8.28. The van der Waals surface area contributed by atoms with Crippen LogP contribution in [0.5, 0.6) is 11.6 Å². The average Bonchev–Trinajstić information content (AvgIpc) is 3.38. The van der Waals surface area contributed by atoms with E-state index in [0.717, 1.165) is 20.8 Å². The van der Waals surface area contributed by atoms with Gasteiger partial charge in [0.2, 0.25) is 5.88 Å². The highest BCUT2D eigenvalue weighted by atomic mass is 32.1. The van der Waals surface area contributed by atoms with Gasteiger partial charge in [-0.1, -0.05) is 0 Å². The zero-order valence-electron chi connectivity index (χ0n) is 14.4. The lowest BCUT2D eigenvalue weighted by Gasteiger charge is -2.08. The highest BCUT2D eigenvalue weighted by Crippen LogP contribution is 2.38. The van der Waals surface area contributed by atoms with Crippen molar-refractivity contribution in [2.45, 2.75) is 6.42 Å². The molecule has 0 radical (unpaired) electrons. The van der Waals surface area contributed by atoms with Crippen molar-refractivity contribution in [2.75, 3.05) is 13.2 Å². The van der Waals surface area contributed by atoms with E-state index in [1.54, 1.807) is 23.6 Å². The molecule has 0 fully saturated rings. The summed E-state index contributed by atoms with van der Waals surface area (Å²) in [6, 6.07) is 2.99. The van der Waals surface area contributed by atoms with Gasteiger partial charge >= 0.3 is 5.97 Å². The van der Waals surface area contributed by atoms with E-state index in [0.29, 0.717) is 31.3 Å². The van der Waals surface area contributed by atoms with Crippen LogP contribution in [0.15, 0.2) is 41.6 Å². The summed E-state index contributed by atoms with van der Waals surface area (Å²) in [5.74, 6) is -0.0242. The molecule has 0 unspecified atom stereocenters. The van der Waals surface area contributed by atoms with E-state index in [1.165, 1.54) is 29.9 Å². The maximum absolute atomic E-state index is 10.8. The molecule has 0 amide bonds. The first-order chi connectivity index (χ1) is 13.7. The van der Waals surface area contributed by atoms with E-state index < -0.39 is 5.97 Å². The molecule has 10 heteroatoms. The van der Waals surface area contributed by atoms with Crippen LogP contribution in [-0.4, -0.2) is 44.2 Å². The number of aromatic carboxylic acids is 1. The number of carboxylic acids is 1. The number of aromatic nitrogens is 4. The van der Waals surface area contributed by atoms with Crippen LogP contribution in [0.25, 0.3) is 20.8 Å². The molecule has 0 aliphatic carbocycles. The molecule has 0 aliphatic heterocycles. The van der Waals surface area contributed by atoms with Crippen molar-refractivity contribution < 1.29 is 19.4 Å². The molecule has 4 aromatic heterocycles. The second-order valence-electron chi connectivity index (χ2n) is 5.58. The maximum Gasteiger partial charge on any atom is 0.354 e. The summed E-state index contributed by atoms with van der Waals surface area (Å²) < 4.78 is 11.4. The van der Waals surface area contributed by atoms with Crippen molar-refractivity contribution in [3.63, 3.8) is 0 Å². The predicted molar refractivity (Wildman–Crippen MR) is 105 cm³/mol. The Labute approximate surface area is 167 Å². The van der Waals surface area contributed by atoms with Gasteiger partial charge in [0.05, 0.1) is 24.8 Å². The molecule has 0 saturated carbocycles. The van der Waals surface area contributed by atoms with E-state index >= 15 is 0 Å². The third-order valence-corrected chi connectivity index (χ3v) is 5.44. The van der Waals surface area contributed by atoms with Gasteiger partial charge < -0.3 is 14.6 Å². The zero-order chi connectivity index (χ0) is 19.3. The molecule has 8 nitrogen and oxygen atoms in total. The van der Waals surface area contributed by atoms with Crippen molar-refractivity contribution in [2.24, 2.45) is 0 Å². The Kier molecular flexibility index (Phi) is 5.40. The number of fused-ring (bicyclic) bond motifs is 1. The largest absolute Gasteiger partial charge is 0.492 e. The van der Waals surface area contributed by atoms with Crippen LogP contribution in [0.1, 0.15) is 16.9 Å². The first kappa shape index (κ1) is 18.3. The van der Waals surface area contributed by atoms with Crippen LogP contribution < -0.4 is 9.47 Å². The Morgan fingerprint density at radius 3 is 2.71 bits per heavy atom. The van der Waals surface area contributed by atoms with Crippen LogP contribution in [0.4, 0.5) is 0 Å². The lowest BCUT2D eigenvalue weighted by Crippen LogP contribution is -2.07. The summed E-state index contributed by atoms with van der Waals surface area (Å²) in [6.45, 7) is 0.825. The molecule has 0 aromatic carbocycles. The molecule has 142 valence electrons. The van der Waals surface area contributed by atoms with E-state index in [-0.39, 0.29) is 5.69 Å². The van der Waals surface area contributed by atoms with E-state index in [1.807, 2.05) is 10.8 Å². The van der Waals surface area contributed by atoms with E-state index in [2.05, 4.69) is 19.9 Å². The highest BCUT2D eigenvalue weighted by molar-refractivity contribution is 7.18. The van der Waals surface area contributed by atoms with Gasteiger partial charge in [0.15, 0.2) is 0 Å². The highest BCUT2D eigenvalue weighted by Gasteiger charge is 2.15. The minimum absolute atomic E-state index is 0.0183. The lowest BCUT2D eigenvalue weighted by atomic mass is 10.2. The van der Waals surface area contributed by atoms with Crippen LogP contribution in [0, 0.1) is 0 Å². The standard InChI is InChI=1S/C18H14N4O4S2/c23-18(24)13-3-2-11(8-20-13)25-5-1-6-26-15-14-12(16-19-4-7-27-16)9-28-17(14)22-10-21-15/h2-4,7-10H,1,5-6H2,(H,23,24). The Morgan fingerprint density at radius 2 is 1.96 bits per heavy atom. The van der Waals surface area contributed by atoms with Gasteiger partial charge in [-0.3, -0.25) is 0 Å². The number of carboxylic acid groups (broad SMARTS) is 1. The molecule has 0 atom stereocenters. The van der Waals surface area contributed by atoms with Crippen LogP contribution in [0.2, 0.25) is 0 Å². The number of hydrogen-bond acceptors (Lipinski definition) is 9. The van der Waals surface area contributed by atoms with Gasteiger partial charge in [-0.05, 0) is 12.1 Å². The Bertz CT molecular complexity index is 1080. The van der Waals surface area contributed by atoms with Crippen molar-refractivity contribution in [1.29, 1.82) is 0 Å². The number of rotatable bonds is 8. The molecule has 4 aromatic rings. The van der Waals surface area contributed by atoms with Crippen molar-refractivity contribution >= 4 is 38.9 Å². The molecular weight excluding hydrogens is 400 g/mol. The van der Waals surface area contributed by atoms with E-state index in [9.17, 15) is 4.79 Å². The fourth-order valence-corrected chi connectivity index (χ4v) is 4.10. The monoisotopic (exact) mass is 414 g/mol. The molecule has 28 heavy (non-hydrogen) atoms. The molecule has 0 spiro atoms. The smallest absolute Gasteiger partial charge is 0.354 e. The van der Waals surface area contributed by atoms with Gasteiger partial charge in [0.25, 0.3) is 0 Å². The number of pyridine rings is 1. The molecular formula is C18H14N4O4S2. The normalized spacial score (nSPS) is 10.9. The summed E-state index contributed by atoms with van der Waals surface area (Å²) >= 11 is 3.09. The summed E-state index contributed by atoms with van der Waals surface area (Å²) in [7, 11) is 0. The Morgan fingerprint density at radius 1 is 1.07 bits per heavy atom. The summed E-state index contributed by atoms with van der Waals surface area (Å²) in [6.07, 6.45) is 5.28. The predicted octanol–water partition coefficient (Wildman–Crippen LogP) is 3.76. The minimum atomic E-state index is -1.07. The Balaban J connectivity index is 1.36. The van der Waals surface area contributed by atoms with Gasteiger partial charge in [-0.2, -0.15) is 0 Å². The van der Waals surface area contributed by atoms with Gasteiger partial charge in [0, 0.05) is 28.9 Å². The minimum Gasteiger partial charge on any atom is -0.492 e. The second-order valence-corrected chi connectivity index (χ2v) is 7.33. The fraction of sp³-hybridized carbons (Fsp3) is 0.167. The summed E-state index contributed by atoms with van der Waals surface area (Å²) in [4.78, 5) is 28.4. The third kappa shape index (κ3) is 3.92. The topological polar surface area (TPSA) is 107 Å². The van der Waals surface area contributed by atoms with Gasteiger partial charge in [-0.15, -0.1) is 22.7 Å². The average molecular weight is 414 g/mol. The maximum atomic E-state index is 10.8. The molecule has 1 N–H and O–H groups in total. The van der Waals surface area contributed by atoms with Crippen molar-refractivity contribution in [3.05, 3.63) is 47.3 Å². The number of thiophene rings is 1. The quantitative estimate of drug-likeness (QED) is 0.434. The van der Waals surface area contributed by atoms with Gasteiger partial charge in [0.1, 0.15) is 27.6 Å². The van der Waals surface area contributed by atoms with Crippen LogP contribution in [0.3, 0.4) is 0 Å². The number of carbonyl (C=O) groups is 1. The lowest BCUT2D eigenvalue weighted by molar-refractivity contribution is 0.0690. The summed E-state index contributed by atoms with van der Waals surface area (Å²) in [5.41, 5.74) is 0.960. The Hall–Kier alpha value is -3.11. The van der Waals surface area contributed by atoms with Crippen LogP contribution in [-0.2, 0) is 0 Å². The zero-order valence-corrected chi connectivity index (χ0v) is 16.1. The van der Waals surface area contributed by atoms with Gasteiger partial charge in [-0.25, -0.2) is 24.7 Å². The van der Waals surface area contributed by atoms with Crippen molar-refractivity contribution in [1.82, 2.24) is 19.9 Å². The molecule has 0 bridgehead atoms. The van der Waals surface area contributed by atoms with Crippen molar-refractivity contribution in [3.8, 4) is 22.2 Å². The number of ether oxygens (including phenoxy) is 2. The first-order valence-corrected chi connectivity index (χ1v) is 10.1. The molecule has 0 saturated heterocycles. The molecule has 0 aliphatic rings. The molecule has 4 heterocycles. The number of thiazole rings is 1. The SMILES string of the molecule is O=C(O)c1ccc(OCCCOc2ncnc3scc(-c4nccs4)c23)cn1. The third-order valence-electron chi connectivity index (χ3n) is 3.75. The number of hydrogen-bond donors (Lipinski definition) is 1. The molecule has 4 rings (SSSR count).